The summed E-state index contributed by atoms with van der Waals surface area (Å²) in [6.45, 7) is 0.333. The monoisotopic (exact) mass is 431 g/mol. The smallest absolute Gasteiger partial charge is 0.305 e. The average molecular weight is 432 g/mol. The van der Waals surface area contributed by atoms with E-state index in [1.807, 2.05) is 42.5 Å². The molecule has 0 aromatic heterocycles. The molecular weight excluding hydrogens is 402 g/mol. The van der Waals surface area contributed by atoms with Crippen LogP contribution < -0.4 is 4.74 Å². The lowest BCUT2D eigenvalue weighted by molar-refractivity contribution is -0.140. The average Bonchev–Trinajstić information content (AvgIpc) is 2.85. The number of carbonyl (C=O) groups excluding carboxylic acids is 1. The summed E-state index contributed by atoms with van der Waals surface area (Å²) in [6, 6.07) is 26.4. The van der Waals surface area contributed by atoms with Gasteiger partial charge in [0.05, 0.1) is 7.11 Å². The van der Waals surface area contributed by atoms with E-state index in [4.69, 9.17) is 14.3 Å². The van der Waals surface area contributed by atoms with Crippen LogP contribution in [-0.2, 0) is 33.6 Å². The summed E-state index contributed by atoms with van der Waals surface area (Å²) >= 11 is 0. The van der Waals surface area contributed by atoms with Gasteiger partial charge < -0.3 is 14.3 Å². The number of nitrogens with zero attached hydrogens (tertiary/aromatic N) is 1. The Morgan fingerprint density at radius 1 is 0.750 bits per heavy atom. The zero-order valence-electron chi connectivity index (χ0n) is 18.6. The van der Waals surface area contributed by atoms with Crippen molar-refractivity contribution in [1.29, 1.82) is 0 Å². The Morgan fingerprint density at radius 3 is 1.88 bits per heavy atom. The van der Waals surface area contributed by atoms with Crippen molar-refractivity contribution in [1.82, 2.24) is 0 Å². The van der Waals surface area contributed by atoms with Gasteiger partial charge in [0.2, 0.25) is 0 Å². The second kappa shape index (κ2) is 12.3. The SMILES string of the molecule is CO/N=C(\COc1ccc(CCc2ccc(CCC(=O)OC)cc2)cc1)c1ccccc1. The number of carbonyl (C=O) groups is 1. The maximum atomic E-state index is 11.3. The van der Waals surface area contributed by atoms with Crippen LogP contribution in [0.3, 0.4) is 0 Å². The summed E-state index contributed by atoms with van der Waals surface area (Å²) in [4.78, 5) is 16.2. The van der Waals surface area contributed by atoms with Gasteiger partial charge in [0, 0.05) is 12.0 Å². The van der Waals surface area contributed by atoms with E-state index >= 15 is 0 Å². The Kier molecular flexibility index (Phi) is 8.87. The van der Waals surface area contributed by atoms with Crippen LogP contribution in [0.25, 0.3) is 0 Å². The molecular formula is C27H29NO4. The molecule has 0 amide bonds. The second-order valence-electron chi connectivity index (χ2n) is 7.41. The first-order chi connectivity index (χ1) is 15.7. The normalized spacial score (nSPS) is 11.1. The molecule has 0 bridgehead atoms. The number of rotatable bonds is 11. The molecule has 5 heteroatoms. The lowest BCUT2D eigenvalue weighted by atomic mass is 10.0. The van der Waals surface area contributed by atoms with Crippen molar-refractivity contribution in [2.45, 2.75) is 25.7 Å². The van der Waals surface area contributed by atoms with E-state index in [-0.39, 0.29) is 5.97 Å². The molecule has 0 aliphatic rings. The fourth-order valence-electron chi connectivity index (χ4n) is 3.32. The number of ether oxygens (including phenoxy) is 2. The van der Waals surface area contributed by atoms with Crippen LogP contribution in [0, 0.1) is 0 Å². The van der Waals surface area contributed by atoms with E-state index in [2.05, 4.69) is 41.6 Å². The maximum absolute atomic E-state index is 11.3. The minimum atomic E-state index is -0.177. The van der Waals surface area contributed by atoms with Gasteiger partial charge in [0.25, 0.3) is 0 Å². The number of hydrogen-bond acceptors (Lipinski definition) is 5. The molecule has 0 aliphatic heterocycles. The van der Waals surface area contributed by atoms with Crippen LogP contribution in [0.1, 0.15) is 28.7 Å². The maximum Gasteiger partial charge on any atom is 0.305 e. The van der Waals surface area contributed by atoms with Crippen LogP contribution in [-0.4, -0.2) is 32.5 Å². The van der Waals surface area contributed by atoms with Crippen LogP contribution in [0.2, 0.25) is 0 Å². The Hall–Kier alpha value is -3.60. The van der Waals surface area contributed by atoms with Crippen molar-refractivity contribution in [3.05, 3.63) is 101 Å². The van der Waals surface area contributed by atoms with Crippen molar-refractivity contribution < 1.29 is 19.1 Å². The third-order valence-electron chi connectivity index (χ3n) is 5.18. The number of esters is 1. The van der Waals surface area contributed by atoms with Gasteiger partial charge in [-0.2, -0.15) is 0 Å². The standard InChI is InChI=1S/C27H29NO4/c1-30-27(29)19-16-22-11-8-21(9-12-22)10-13-23-14-17-25(18-15-23)32-20-26(28-31-2)24-6-4-3-5-7-24/h3-9,11-12,14-15,17-18H,10,13,16,19-20H2,1-2H3/b28-26+. The van der Waals surface area contributed by atoms with Crippen LogP contribution in [0.15, 0.2) is 84.0 Å². The summed E-state index contributed by atoms with van der Waals surface area (Å²) in [5, 5.41) is 4.09. The molecule has 0 aliphatic carbocycles. The molecule has 0 radical (unpaired) electrons. The van der Waals surface area contributed by atoms with E-state index in [1.165, 1.54) is 25.3 Å². The predicted octanol–water partition coefficient (Wildman–Crippen LogP) is 5.01. The number of benzene rings is 3. The van der Waals surface area contributed by atoms with E-state index in [0.29, 0.717) is 19.4 Å². The minimum Gasteiger partial charge on any atom is -0.487 e. The van der Waals surface area contributed by atoms with Crippen LogP contribution >= 0.6 is 0 Å². The fraction of sp³-hybridized carbons (Fsp3) is 0.259. The van der Waals surface area contributed by atoms with Gasteiger partial charge in [0.1, 0.15) is 25.2 Å². The molecule has 5 nitrogen and oxygen atoms in total. The molecule has 0 fully saturated rings. The molecule has 0 spiro atoms. The second-order valence-corrected chi connectivity index (χ2v) is 7.41. The Bertz CT molecular complexity index is 996. The van der Waals surface area contributed by atoms with Gasteiger partial charge in [-0.05, 0) is 48.1 Å². The molecule has 3 aromatic carbocycles. The quantitative estimate of drug-likeness (QED) is 0.243. The van der Waals surface area contributed by atoms with Gasteiger partial charge in [-0.1, -0.05) is 71.9 Å². The van der Waals surface area contributed by atoms with E-state index in [1.54, 1.807) is 0 Å². The molecule has 3 aromatic rings. The summed E-state index contributed by atoms with van der Waals surface area (Å²) in [5.74, 6) is 0.618. The molecule has 166 valence electrons. The van der Waals surface area contributed by atoms with Crippen molar-refractivity contribution in [3.63, 3.8) is 0 Å². The first-order valence-corrected chi connectivity index (χ1v) is 10.7. The topological polar surface area (TPSA) is 57.1 Å². The first-order valence-electron chi connectivity index (χ1n) is 10.7. The summed E-state index contributed by atoms with van der Waals surface area (Å²) in [5.41, 5.74) is 5.39. The molecule has 0 N–H and O–H groups in total. The van der Waals surface area contributed by atoms with E-state index in [0.717, 1.165) is 35.4 Å². The minimum absolute atomic E-state index is 0.177. The predicted molar refractivity (Wildman–Crippen MR) is 126 cm³/mol. The van der Waals surface area contributed by atoms with Crippen molar-refractivity contribution in [3.8, 4) is 5.75 Å². The first kappa shape index (κ1) is 23.1. The van der Waals surface area contributed by atoms with Gasteiger partial charge >= 0.3 is 5.97 Å². The lowest BCUT2D eigenvalue weighted by Crippen LogP contribution is -2.13. The van der Waals surface area contributed by atoms with Gasteiger partial charge in [-0.25, -0.2) is 0 Å². The number of methoxy groups -OCH3 is 1. The van der Waals surface area contributed by atoms with Gasteiger partial charge in [-0.3, -0.25) is 4.79 Å². The molecule has 32 heavy (non-hydrogen) atoms. The van der Waals surface area contributed by atoms with Crippen molar-refractivity contribution >= 4 is 11.7 Å². The highest BCUT2D eigenvalue weighted by Crippen LogP contribution is 2.16. The number of aryl methyl sites for hydroxylation is 3. The number of hydrogen-bond donors (Lipinski definition) is 0. The van der Waals surface area contributed by atoms with Crippen molar-refractivity contribution in [2.24, 2.45) is 5.16 Å². The Balaban J connectivity index is 1.48. The van der Waals surface area contributed by atoms with Crippen LogP contribution in [0.5, 0.6) is 5.75 Å². The largest absolute Gasteiger partial charge is 0.487 e. The lowest BCUT2D eigenvalue weighted by Gasteiger charge is -2.10. The molecule has 0 saturated heterocycles. The van der Waals surface area contributed by atoms with Crippen LogP contribution in [0.4, 0.5) is 0 Å². The van der Waals surface area contributed by atoms with Crippen molar-refractivity contribution in [2.75, 3.05) is 20.8 Å². The van der Waals surface area contributed by atoms with E-state index < -0.39 is 0 Å². The Labute approximate surface area is 189 Å². The zero-order chi connectivity index (χ0) is 22.6. The summed E-state index contributed by atoms with van der Waals surface area (Å²) in [7, 11) is 2.95. The summed E-state index contributed by atoms with van der Waals surface area (Å²) in [6.07, 6.45) is 3.02. The zero-order valence-corrected chi connectivity index (χ0v) is 18.6. The third kappa shape index (κ3) is 7.27. The van der Waals surface area contributed by atoms with E-state index in [9.17, 15) is 4.79 Å². The fourth-order valence-corrected chi connectivity index (χ4v) is 3.32. The molecule has 0 saturated carbocycles. The third-order valence-corrected chi connectivity index (χ3v) is 5.18. The number of oxime groups is 1. The Morgan fingerprint density at radius 2 is 1.31 bits per heavy atom. The highest BCUT2D eigenvalue weighted by atomic mass is 16.6. The molecule has 0 heterocycles. The molecule has 3 rings (SSSR count). The molecule has 0 unspecified atom stereocenters. The van der Waals surface area contributed by atoms with Gasteiger partial charge in [-0.15, -0.1) is 0 Å². The summed E-state index contributed by atoms with van der Waals surface area (Å²) < 4.78 is 10.6. The highest BCUT2D eigenvalue weighted by Gasteiger charge is 2.06. The molecule has 0 atom stereocenters. The van der Waals surface area contributed by atoms with Gasteiger partial charge in [0.15, 0.2) is 0 Å². The highest BCUT2D eigenvalue weighted by molar-refractivity contribution is 6.01.